The van der Waals surface area contributed by atoms with E-state index in [0.29, 0.717) is 18.6 Å². The first-order valence-electron chi connectivity index (χ1n) is 9.58. The molecule has 2 saturated heterocycles. The van der Waals surface area contributed by atoms with Crippen molar-refractivity contribution in [1.82, 2.24) is 14.9 Å². The maximum Gasteiger partial charge on any atom is 0.230 e. The summed E-state index contributed by atoms with van der Waals surface area (Å²) in [6, 6.07) is 2.48. The fraction of sp³-hybridized carbons (Fsp3) is 0.737. The molecule has 25 heavy (non-hydrogen) atoms. The molecule has 3 aliphatic rings. The number of ether oxygens (including phenoxy) is 1. The molecule has 1 amide bonds. The number of carbonyl (C=O) groups is 1. The average molecular weight is 344 g/mol. The molecular weight excluding hydrogens is 316 g/mol. The quantitative estimate of drug-likeness (QED) is 0.839. The molecular formula is C19H28N4O2. The van der Waals surface area contributed by atoms with Gasteiger partial charge in [-0.25, -0.2) is 9.97 Å². The molecule has 1 aromatic rings. The van der Waals surface area contributed by atoms with Crippen LogP contribution in [0.2, 0.25) is 0 Å². The number of carbonyl (C=O) groups excluding carboxylic acids is 1. The lowest BCUT2D eigenvalue weighted by atomic mass is 9.77. The van der Waals surface area contributed by atoms with Gasteiger partial charge >= 0.3 is 0 Å². The molecule has 136 valence electrons. The molecule has 0 bridgehead atoms. The number of nitrogens with zero attached hydrogens (tertiary/aromatic N) is 4. The summed E-state index contributed by atoms with van der Waals surface area (Å²) in [6.45, 7) is 3.13. The van der Waals surface area contributed by atoms with Crippen LogP contribution < -0.4 is 4.90 Å². The summed E-state index contributed by atoms with van der Waals surface area (Å²) in [5.41, 5.74) is 0.684. The van der Waals surface area contributed by atoms with Crippen LogP contribution in [-0.4, -0.2) is 53.6 Å². The molecule has 1 atom stereocenters. The van der Waals surface area contributed by atoms with E-state index in [0.717, 1.165) is 50.4 Å². The minimum Gasteiger partial charge on any atom is -0.378 e. The van der Waals surface area contributed by atoms with Gasteiger partial charge in [0.25, 0.3) is 0 Å². The van der Waals surface area contributed by atoms with Gasteiger partial charge in [0.1, 0.15) is 12.1 Å². The summed E-state index contributed by atoms with van der Waals surface area (Å²) in [5.74, 6) is 1.32. The second-order valence-electron chi connectivity index (χ2n) is 7.79. The van der Waals surface area contributed by atoms with Crippen molar-refractivity contribution in [3.63, 3.8) is 0 Å². The topological polar surface area (TPSA) is 58.6 Å². The Morgan fingerprint density at radius 2 is 2.04 bits per heavy atom. The molecule has 3 heterocycles. The highest BCUT2D eigenvalue weighted by atomic mass is 16.5. The van der Waals surface area contributed by atoms with Gasteiger partial charge in [-0.2, -0.15) is 0 Å². The van der Waals surface area contributed by atoms with E-state index in [4.69, 9.17) is 4.74 Å². The standard InChI is InChI=1S/C19H28N4O2/c1-25-12-15-11-17(21-14-20-15)22-10-8-19(13-22)7-4-9-23(18(19)24)16-5-2-3-6-16/h11,14,16H,2-10,12-13H2,1H3. The number of amides is 1. The fourth-order valence-electron chi connectivity index (χ4n) is 4.90. The van der Waals surface area contributed by atoms with E-state index in [9.17, 15) is 4.79 Å². The molecule has 0 N–H and O–H groups in total. The average Bonchev–Trinajstić information content (AvgIpc) is 3.29. The van der Waals surface area contributed by atoms with Crippen LogP contribution in [0.25, 0.3) is 0 Å². The maximum atomic E-state index is 13.3. The van der Waals surface area contributed by atoms with Crippen LogP contribution in [0.1, 0.15) is 50.6 Å². The number of anilines is 1. The van der Waals surface area contributed by atoms with Crippen LogP contribution in [0.5, 0.6) is 0 Å². The van der Waals surface area contributed by atoms with Crippen molar-refractivity contribution in [3.05, 3.63) is 18.1 Å². The van der Waals surface area contributed by atoms with Crippen molar-refractivity contribution in [1.29, 1.82) is 0 Å². The third-order valence-corrected chi connectivity index (χ3v) is 6.21. The summed E-state index contributed by atoms with van der Waals surface area (Å²) in [7, 11) is 1.67. The number of hydrogen-bond acceptors (Lipinski definition) is 5. The minimum absolute atomic E-state index is 0.201. The summed E-state index contributed by atoms with van der Waals surface area (Å²) in [6.07, 6.45) is 9.63. The molecule has 6 nitrogen and oxygen atoms in total. The molecule has 1 aromatic heterocycles. The van der Waals surface area contributed by atoms with Crippen molar-refractivity contribution < 1.29 is 9.53 Å². The normalized spacial score (nSPS) is 27.6. The SMILES string of the molecule is COCc1cc(N2CCC3(CCCN(C4CCCC4)C3=O)C2)ncn1. The fourth-order valence-corrected chi connectivity index (χ4v) is 4.90. The molecule has 1 unspecified atom stereocenters. The van der Waals surface area contributed by atoms with Crippen LogP contribution >= 0.6 is 0 Å². The van der Waals surface area contributed by atoms with Gasteiger partial charge in [0.2, 0.25) is 5.91 Å². The number of hydrogen-bond donors (Lipinski definition) is 0. The van der Waals surface area contributed by atoms with E-state index in [1.165, 1.54) is 25.7 Å². The monoisotopic (exact) mass is 344 g/mol. The van der Waals surface area contributed by atoms with Gasteiger partial charge in [-0.3, -0.25) is 4.79 Å². The van der Waals surface area contributed by atoms with Crippen molar-refractivity contribution >= 4 is 11.7 Å². The lowest BCUT2D eigenvalue weighted by molar-refractivity contribution is -0.147. The Balaban J connectivity index is 1.50. The lowest BCUT2D eigenvalue weighted by Gasteiger charge is -2.42. The highest BCUT2D eigenvalue weighted by Gasteiger charge is 2.50. The Bertz CT molecular complexity index is 632. The predicted molar refractivity (Wildman–Crippen MR) is 95.2 cm³/mol. The van der Waals surface area contributed by atoms with Gasteiger partial charge in [0.05, 0.1) is 17.7 Å². The van der Waals surface area contributed by atoms with Gasteiger partial charge < -0.3 is 14.5 Å². The van der Waals surface area contributed by atoms with Crippen molar-refractivity contribution in [2.75, 3.05) is 31.6 Å². The number of aromatic nitrogens is 2. The van der Waals surface area contributed by atoms with Crippen LogP contribution in [0, 0.1) is 5.41 Å². The Morgan fingerprint density at radius 1 is 1.20 bits per heavy atom. The molecule has 6 heteroatoms. The number of methoxy groups -OCH3 is 1. The first kappa shape index (κ1) is 16.8. The van der Waals surface area contributed by atoms with Crippen molar-refractivity contribution in [2.45, 2.75) is 57.6 Å². The molecule has 1 saturated carbocycles. The summed E-state index contributed by atoms with van der Waals surface area (Å²) in [4.78, 5) is 26.5. The number of piperidine rings is 1. The highest BCUT2D eigenvalue weighted by molar-refractivity contribution is 5.85. The van der Waals surface area contributed by atoms with E-state index in [-0.39, 0.29) is 5.41 Å². The van der Waals surface area contributed by atoms with E-state index < -0.39 is 0 Å². The molecule has 0 aromatic carbocycles. The second-order valence-corrected chi connectivity index (χ2v) is 7.79. The minimum atomic E-state index is -0.201. The Morgan fingerprint density at radius 3 is 2.84 bits per heavy atom. The molecule has 1 spiro atoms. The molecule has 0 radical (unpaired) electrons. The maximum absolute atomic E-state index is 13.3. The Hall–Kier alpha value is -1.69. The van der Waals surface area contributed by atoms with Gasteiger partial charge in [-0.05, 0) is 32.1 Å². The first-order valence-corrected chi connectivity index (χ1v) is 9.58. The van der Waals surface area contributed by atoms with Crippen molar-refractivity contribution in [2.24, 2.45) is 5.41 Å². The zero-order valence-corrected chi connectivity index (χ0v) is 15.1. The lowest BCUT2D eigenvalue weighted by Crippen LogP contribution is -2.53. The van der Waals surface area contributed by atoms with Gasteiger partial charge in [-0.15, -0.1) is 0 Å². The van der Waals surface area contributed by atoms with E-state index >= 15 is 0 Å². The van der Waals surface area contributed by atoms with Gasteiger partial charge in [0, 0.05) is 38.9 Å². The molecule has 4 rings (SSSR count). The Labute approximate surface area is 149 Å². The number of rotatable bonds is 4. The highest BCUT2D eigenvalue weighted by Crippen LogP contribution is 2.43. The van der Waals surface area contributed by atoms with E-state index in [2.05, 4.69) is 19.8 Å². The van der Waals surface area contributed by atoms with Crippen molar-refractivity contribution in [3.8, 4) is 0 Å². The summed E-state index contributed by atoms with van der Waals surface area (Å²) >= 11 is 0. The first-order chi connectivity index (χ1) is 12.2. The van der Waals surface area contributed by atoms with E-state index in [1.54, 1.807) is 13.4 Å². The third-order valence-electron chi connectivity index (χ3n) is 6.21. The number of likely N-dealkylation sites (tertiary alicyclic amines) is 1. The van der Waals surface area contributed by atoms with Crippen LogP contribution in [0.15, 0.2) is 12.4 Å². The van der Waals surface area contributed by atoms with E-state index in [1.807, 2.05) is 6.07 Å². The van der Waals surface area contributed by atoms with Crippen LogP contribution in [-0.2, 0) is 16.1 Å². The van der Waals surface area contributed by atoms with Gasteiger partial charge in [-0.1, -0.05) is 12.8 Å². The molecule has 3 fully saturated rings. The predicted octanol–water partition coefficient (Wildman–Crippen LogP) is 2.38. The Kier molecular flexibility index (Phi) is 4.63. The molecule has 1 aliphatic carbocycles. The second kappa shape index (κ2) is 6.90. The van der Waals surface area contributed by atoms with Gasteiger partial charge in [0.15, 0.2) is 0 Å². The van der Waals surface area contributed by atoms with Crippen LogP contribution in [0.4, 0.5) is 5.82 Å². The molecule has 2 aliphatic heterocycles. The smallest absolute Gasteiger partial charge is 0.230 e. The zero-order valence-electron chi connectivity index (χ0n) is 15.1. The zero-order chi connectivity index (χ0) is 17.3. The largest absolute Gasteiger partial charge is 0.378 e. The van der Waals surface area contributed by atoms with Crippen LogP contribution in [0.3, 0.4) is 0 Å². The summed E-state index contributed by atoms with van der Waals surface area (Å²) in [5, 5.41) is 0. The summed E-state index contributed by atoms with van der Waals surface area (Å²) < 4.78 is 5.17. The third kappa shape index (κ3) is 3.12.